The monoisotopic (exact) mass is 277 g/mol. The van der Waals surface area contributed by atoms with Gasteiger partial charge in [-0.25, -0.2) is 4.39 Å². The van der Waals surface area contributed by atoms with E-state index in [1.54, 1.807) is 0 Å². The van der Waals surface area contributed by atoms with Crippen molar-refractivity contribution >= 4 is 29.5 Å². The standard InChI is InChI=1S/C10H12FN3O3.ClH/c11-8-5-7(13-1-3-17-4-2-13)6-9(10(8)12)14(15)16;/h5-6H,1-4,12H2;1H. The molecule has 0 unspecified atom stereocenters. The molecule has 0 aromatic heterocycles. The Morgan fingerprint density at radius 1 is 1.39 bits per heavy atom. The lowest BCUT2D eigenvalue weighted by atomic mass is 10.2. The number of benzene rings is 1. The summed E-state index contributed by atoms with van der Waals surface area (Å²) in [5.74, 6) is -0.763. The van der Waals surface area contributed by atoms with Crippen LogP contribution in [0.15, 0.2) is 12.1 Å². The van der Waals surface area contributed by atoms with Crippen molar-refractivity contribution in [3.8, 4) is 0 Å². The number of hydrogen-bond donors (Lipinski definition) is 1. The quantitative estimate of drug-likeness (QED) is 0.504. The molecule has 0 atom stereocenters. The average molecular weight is 278 g/mol. The Morgan fingerprint density at radius 2 is 2.00 bits per heavy atom. The summed E-state index contributed by atoms with van der Waals surface area (Å²) in [4.78, 5) is 11.9. The topological polar surface area (TPSA) is 81.6 Å². The minimum absolute atomic E-state index is 0. The number of anilines is 2. The van der Waals surface area contributed by atoms with E-state index in [0.29, 0.717) is 32.0 Å². The van der Waals surface area contributed by atoms with Crippen LogP contribution in [0.1, 0.15) is 0 Å². The molecule has 0 radical (unpaired) electrons. The molecule has 6 nitrogen and oxygen atoms in total. The van der Waals surface area contributed by atoms with Gasteiger partial charge >= 0.3 is 0 Å². The first-order valence-corrected chi connectivity index (χ1v) is 5.15. The molecule has 1 heterocycles. The van der Waals surface area contributed by atoms with Gasteiger partial charge < -0.3 is 15.4 Å². The third kappa shape index (κ3) is 2.80. The zero-order chi connectivity index (χ0) is 12.4. The van der Waals surface area contributed by atoms with Crippen LogP contribution in [0, 0.1) is 15.9 Å². The van der Waals surface area contributed by atoms with Crippen molar-refractivity contribution in [2.45, 2.75) is 0 Å². The van der Waals surface area contributed by atoms with E-state index in [-0.39, 0.29) is 12.4 Å². The van der Waals surface area contributed by atoms with E-state index in [1.807, 2.05) is 4.90 Å². The summed E-state index contributed by atoms with van der Waals surface area (Å²) >= 11 is 0. The molecular weight excluding hydrogens is 265 g/mol. The third-order valence-electron chi connectivity index (χ3n) is 2.67. The number of ether oxygens (including phenoxy) is 1. The van der Waals surface area contributed by atoms with Gasteiger partial charge in [0.05, 0.1) is 18.1 Å². The highest BCUT2D eigenvalue weighted by Crippen LogP contribution is 2.30. The van der Waals surface area contributed by atoms with Crippen LogP contribution >= 0.6 is 12.4 Å². The Labute approximate surface area is 109 Å². The van der Waals surface area contributed by atoms with E-state index in [1.165, 1.54) is 12.1 Å². The maximum absolute atomic E-state index is 13.5. The van der Waals surface area contributed by atoms with E-state index in [4.69, 9.17) is 10.5 Å². The maximum Gasteiger partial charge on any atom is 0.297 e. The molecule has 0 bridgehead atoms. The summed E-state index contributed by atoms with van der Waals surface area (Å²) in [6, 6.07) is 2.51. The van der Waals surface area contributed by atoms with E-state index < -0.39 is 22.1 Å². The van der Waals surface area contributed by atoms with Crippen molar-refractivity contribution < 1.29 is 14.1 Å². The summed E-state index contributed by atoms with van der Waals surface area (Å²) in [5, 5.41) is 10.7. The third-order valence-corrected chi connectivity index (χ3v) is 2.67. The molecule has 2 N–H and O–H groups in total. The van der Waals surface area contributed by atoms with Gasteiger partial charge in [0.15, 0.2) is 5.82 Å². The molecule has 1 aromatic carbocycles. The number of rotatable bonds is 2. The fraction of sp³-hybridized carbons (Fsp3) is 0.400. The van der Waals surface area contributed by atoms with Crippen LogP contribution in [-0.4, -0.2) is 31.2 Å². The van der Waals surface area contributed by atoms with Gasteiger partial charge in [-0.1, -0.05) is 0 Å². The first-order valence-electron chi connectivity index (χ1n) is 5.15. The highest BCUT2D eigenvalue weighted by Gasteiger charge is 2.20. The molecule has 1 fully saturated rings. The van der Waals surface area contributed by atoms with Gasteiger partial charge in [-0.15, -0.1) is 12.4 Å². The molecule has 18 heavy (non-hydrogen) atoms. The summed E-state index contributed by atoms with van der Waals surface area (Å²) < 4.78 is 18.6. The Hall–Kier alpha value is -1.60. The molecule has 1 aliphatic rings. The van der Waals surface area contributed by atoms with Crippen LogP contribution in [0.3, 0.4) is 0 Å². The SMILES string of the molecule is Cl.Nc1c(F)cc(N2CCOCC2)cc1[N+](=O)[O-]. The highest BCUT2D eigenvalue weighted by atomic mass is 35.5. The number of nitro benzene ring substituents is 1. The Bertz CT molecular complexity index is 452. The lowest BCUT2D eigenvalue weighted by Gasteiger charge is -2.28. The van der Waals surface area contributed by atoms with Gasteiger partial charge in [0, 0.05) is 24.8 Å². The molecule has 0 aliphatic carbocycles. The number of nitro groups is 1. The molecule has 2 rings (SSSR count). The number of halogens is 2. The van der Waals surface area contributed by atoms with Gasteiger partial charge in [0.2, 0.25) is 0 Å². The minimum atomic E-state index is -0.763. The van der Waals surface area contributed by atoms with Crippen LogP contribution < -0.4 is 10.6 Å². The van der Waals surface area contributed by atoms with E-state index in [9.17, 15) is 14.5 Å². The first kappa shape index (κ1) is 14.5. The van der Waals surface area contributed by atoms with Crippen LogP contribution in [-0.2, 0) is 4.74 Å². The maximum atomic E-state index is 13.5. The van der Waals surface area contributed by atoms with Gasteiger partial charge in [-0.2, -0.15) is 0 Å². The van der Waals surface area contributed by atoms with Crippen LogP contribution in [0.25, 0.3) is 0 Å². The second-order valence-corrected chi connectivity index (χ2v) is 3.72. The molecule has 0 amide bonds. The highest BCUT2D eigenvalue weighted by molar-refractivity contribution is 5.85. The van der Waals surface area contributed by atoms with Crippen LogP contribution in [0.5, 0.6) is 0 Å². The molecule has 8 heteroatoms. The average Bonchev–Trinajstić information content (AvgIpc) is 2.33. The second-order valence-electron chi connectivity index (χ2n) is 3.72. The van der Waals surface area contributed by atoms with Gasteiger partial charge in [0.1, 0.15) is 5.69 Å². The summed E-state index contributed by atoms with van der Waals surface area (Å²) in [6.45, 7) is 2.22. The minimum Gasteiger partial charge on any atom is -0.391 e. The summed E-state index contributed by atoms with van der Waals surface area (Å²) in [7, 11) is 0. The number of morpholine rings is 1. The molecule has 1 saturated heterocycles. The molecular formula is C10H13ClFN3O3. The molecule has 1 aromatic rings. The molecule has 1 aliphatic heterocycles. The van der Waals surface area contributed by atoms with Crippen molar-refractivity contribution in [1.29, 1.82) is 0 Å². The fourth-order valence-electron chi connectivity index (χ4n) is 1.74. The number of hydrogen-bond acceptors (Lipinski definition) is 5. The van der Waals surface area contributed by atoms with E-state index >= 15 is 0 Å². The first-order chi connectivity index (χ1) is 8.09. The molecule has 0 saturated carbocycles. The lowest BCUT2D eigenvalue weighted by molar-refractivity contribution is -0.384. The Morgan fingerprint density at radius 3 is 2.56 bits per heavy atom. The van der Waals surface area contributed by atoms with Gasteiger partial charge in [-0.3, -0.25) is 10.1 Å². The zero-order valence-corrected chi connectivity index (χ0v) is 10.3. The van der Waals surface area contributed by atoms with Crippen molar-refractivity contribution in [1.82, 2.24) is 0 Å². The van der Waals surface area contributed by atoms with Crippen molar-refractivity contribution in [2.75, 3.05) is 36.9 Å². The summed E-state index contributed by atoms with van der Waals surface area (Å²) in [5.41, 5.74) is 4.97. The predicted molar refractivity (Wildman–Crippen MR) is 67.7 cm³/mol. The number of nitrogens with zero attached hydrogens (tertiary/aromatic N) is 2. The van der Waals surface area contributed by atoms with Gasteiger partial charge in [-0.05, 0) is 6.07 Å². The Kier molecular flexibility index (Phi) is 4.69. The van der Waals surface area contributed by atoms with Crippen molar-refractivity contribution in [3.05, 3.63) is 28.1 Å². The molecule has 0 spiro atoms. The Balaban J connectivity index is 0.00000162. The van der Waals surface area contributed by atoms with Crippen molar-refractivity contribution in [2.24, 2.45) is 0 Å². The molecule has 100 valence electrons. The second kappa shape index (κ2) is 5.83. The lowest BCUT2D eigenvalue weighted by Crippen LogP contribution is -2.36. The van der Waals surface area contributed by atoms with E-state index in [0.717, 1.165) is 0 Å². The normalized spacial score (nSPS) is 15.1. The van der Waals surface area contributed by atoms with Crippen LogP contribution in [0.2, 0.25) is 0 Å². The van der Waals surface area contributed by atoms with E-state index in [2.05, 4.69) is 0 Å². The smallest absolute Gasteiger partial charge is 0.297 e. The number of nitrogen functional groups attached to an aromatic ring is 1. The predicted octanol–water partition coefficient (Wildman–Crippen LogP) is 1.57. The largest absolute Gasteiger partial charge is 0.391 e. The summed E-state index contributed by atoms with van der Waals surface area (Å²) in [6.07, 6.45) is 0. The van der Waals surface area contributed by atoms with Gasteiger partial charge in [0.25, 0.3) is 5.69 Å². The van der Waals surface area contributed by atoms with Crippen LogP contribution in [0.4, 0.5) is 21.5 Å². The number of nitrogens with two attached hydrogens (primary N) is 1. The van der Waals surface area contributed by atoms with Crippen molar-refractivity contribution in [3.63, 3.8) is 0 Å². The fourth-order valence-corrected chi connectivity index (χ4v) is 1.74. The zero-order valence-electron chi connectivity index (χ0n) is 9.47.